The van der Waals surface area contributed by atoms with Crippen molar-refractivity contribution in [1.29, 1.82) is 0 Å². The molecule has 1 aromatic rings. The van der Waals surface area contributed by atoms with E-state index in [1.54, 1.807) is 12.1 Å². The fraction of sp³-hybridized carbons (Fsp3) is 0.360. The lowest BCUT2D eigenvalue weighted by atomic mass is 10.0. The number of rotatable bonds is 9. The third-order valence-corrected chi connectivity index (χ3v) is 5.30. The highest BCUT2D eigenvalue weighted by Gasteiger charge is 2.27. The molecule has 0 unspecified atom stereocenters. The minimum atomic E-state index is -2.88. The van der Waals surface area contributed by atoms with Gasteiger partial charge >= 0.3 is 0 Å². The molecular formula is C25H33F2N3. The van der Waals surface area contributed by atoms with Gasteiger partial charge in [0.1, 0.15) is 5.82 Å². The maximum Gasteiger partial charge on any atom is 0.270 e. The van der Waals surface area contributed by atoms with Crippen LogP contribution < -0.4 is 11.1 Å². The van der Waals surface area contributed by atoms with Crippen molar-refractivity contribution in [2.75, 3.05) is 0 Å². The molecule has 2 rings (SSSR count). The molecule has 1 aliphatic carbocycles. The van der Waals surface area contributed by atoms with E-state index in [2.05, 4.69) is 30.0 Å². The summed E-state index contributed by atoms with van der Waals surface area (Å²) in [5, 5.41) is 3.17. The molecule has 1 aromatic carbocycles. The molecule has 0 atom stereocenters. The number of nitrogens with two attached hydrogens (primary N) is 1. The molecule has 30 heavy (non-hydrogen) atoms. The van der Waals surface area contributed by atoms with Crippen LogP contribution in [0.1, 0.15) is 57.6 Å². The SMILES string of the molecule is C=C(C)NC(=C)N(C(=C)/C(N)=C\C=C(/C)c1cccc(C(C)(F)F)c1)C1CCCC1. The number of nitrogens with one attached hydrogen (secondary N) is 1. The lowest BCUT2D eigenvalue weighted by molar-refractivity contribution is 0.0174. The summed E-state index contributed by atoms with van der Waals surface area (Å²) in [6, 6.07) is 6.68. The van der Waals surface area contributed by atoms with Crippen LogP contribution in [0.3, 0.4) is 0 Å². The summed E-state index contributed by atoms with van der Waals surface area (Å²) in [4.78, 5) is 2.05. The zero-order valence-corrected chi connectivity index (χ0v) is 18.3. The van der Waals surface area contributed by atoms with Gasteiger partial charge in [-0.05, 0) is 50.0 Å². The number of hydrogen-bond acceptors (Lipinski definition) is 3. The Hall–Kier alpha value is -2.82. The molecular weight excluding hydrogens is 380 g/mol. The first-order valence-corrected chi connectivity index (χ1v) is 10.2. The molecule has 162 valence electrons. The molecule has 0 spiro atoms. The molecule has 3 N–H and O–H groups in total. The topological polar surface area (TPSA) is 41.3 Å². The van der Waals surface area contributed by atoms with Gasteiger partial charge in [-0.3, -0.25) is 0 Å². The Labute approximate surface area is 179 Å². The lowest BCUT2D eigenvalue weighted by Gasteiger charge is -2.34. The Morgan fingerprint density at radius 3 is 2.37 bits per heavy atom. The van der Waals surface area contributed by atoms with Crippen molar-refractivity contribution in [1.82, 2.24) is 10.2 Å². The van der Waals surface area contributed by atoms with Gasteiger partial charge in [0.2, 0.25) is 0 Å². The fourth-order valence-electron chi connectivity index (χ4n) is 3.66. The van der Waals surface area contributed by atoms with Crippen LogP contribution in [-0.4, -0.2) is 10.9 Å². The van der Waals surface area contributed by atoms with Crippen LogP contribution in [-0.2, 0) is 5.92 Å². The first-order chi connectivity index (χ1) is 14.0. The van der Waals surface area contributed by atoms with Crippen molar-refractivity contribution in [3.8, 4) is 0 Å². The number of alkyl halides is 2. The third kappa shape index (κ3) is 6.09. The third-order valence-electron chi connectivity index (χ3n) is 5.30. The summed E-state index contributed by atoms with van der Waals surface area (Å²) in [5.74, 6) is -2.17. The van der Waals surface area contributed by atoms with E-state index in [9.17, 15) is 8.78 Å². The van der Waals surface area contributed by atoms with Crippen LogP contribution in [0, 0.1) is 0 Å². The van der Waals surface area contributed by atoms with Crippen LogP contribution in [0.2, 0.25) is 0 Å². The van der Waals surface area contributed by atoms with Crippen molar-refractivity contribution in [3.05, 3.63) is 90.2 Å². The second-order valence-electron chi connectivity index (χ2n) is 8.05. The second-order valence-corrected chi connectivity index (χ2v) is 8.05. The monoisotopic (exact) mass is 413 g/mol. The van der Waals surface area contributed by atoms with Crippen LogP contribution in [0.5, 0.6) is 0 Å². The Bertz CT molecular complexity index is 869. The van der Waals surface area contributed by atoms with E-state index >= 15 is 0 Å². The molecule has 0 aromatic heterocycles. The smallest absolute Gasteiger partial charge is 0.270 e. The van der Waals surface area contributed by atoms with Gasteiger partial charge in [-0.15, -0.1) is 0 Å². The van der Waals surface area contributed by atoms with Gasteiger partial charge in [0.05, 0.1) is 11.4 Å². The highest BCUT2D eigenvalue weighted by Crippen LogP contribution is 2.31. The molecule has 0 amide bonds. The predicted molar refractivity (Wildman–Crippen MR) is 122 cm³/mol. The van der Waals surface area contributed by atoms with Gasteiger partial charge < -0.3 is 16.0 Å². The summed E-state index contributed by atoms with van der Waals surface area (Å²) in [5.41, 5.74) is 9.86. The summed E-state index contributed by atoms with van der Waals surface area (Å²) >= 11 is 0. The van der Waals surface area contributed by atoms with Crippen LogP contribution >= 0.6 is 0 Å². The van der Waals surface area contributed by atoms with Crippen LogP contribution in [0.25, 0.3) is 5.57 Å². The highest BCUT2D eigenvalue weighted by atomic mass is 19.3. The van der Waals surface area contributed by atoms with Crippen LogP contribution in [0.15, 0.2) is 79.1 Å². The quantitative estimate of drug-likeness (QED) is 0.461. The van der Waals surface area contributed by atoms with Gasteiger partial charge in [-0.1, -0.05) is 56.9 Å². The number of hydrogen-bond donors (Lipinski definition) is 2. The van der Waals surface area contributed by atoms with E-state index in [1.807, 2.05) is 26.0 Å². The summed E-state index contributed by atoms with van der Waals surface area (Å²) < 4.78 is 27.3. The Balaban J connectivity index is 2.25. The largest absolute Gasteiger partial charge is 0.397 e. The second kappa shape index (κ2) is 9.79. The highest BCUT2D eigenvalue weighted by molar-refractivity contribution is 5.66. The first kappa shape index (κ1) is 23.5. The number of benzene rings is 1. The van der Waals surface area contributed by atoms with Crippen molar-refractivity contribution in [3.63, 3.8) is 0 Å². The first-order valence-electron chi connectivity index (χ1n) is 10.2. The number of allylic oxidation sites excluding steroid dienone is 4. The Morgan fingerprint density at radius 1 is 1.17 bits per heavy atom. The number of nitrogens with zero attached hydrogens (tertiary/aromatic N) is 1. The molecule has 5 heteroatoms. The molecule has 0 aliphatic heterocycles. The van der Waals surface area contributed by atoms with Gasteiger partial charge in [0.25, 0.3) is 5.92 Å². The zero-order chi connectivity index (χ0) is 22.5. The standard InChI is InChI=1S/C25H33F2N3/c1-17(2)29-20(5)30(23-12-7-8-13-23)19(4)24(28)15-14-18(3)21-10-9-11-22(16-21)25(6,26)27/h9-11,14-16,23,29H,1,4-5,7-8,12-13,28H2,2-3,6H3/b18-14+,24-15+. The summed E-state index contributed by atoms with van der Waals surface area (Å²) in [7, 11) is 0. The molecule has 0 heterocycles. The van der Waals surface area contributed by atoms with Crippen molar-refractivity contribution in [2.24, 2.45) is 5.73 Å². The maximum absolute atomic E-state index is 13.6. The molecule has 0 bridgehead atoms. The minimum absolute atomic E-state index is 0.0105. The molecule has 0 saturated heterocycles. The lowest BCUT2D eigenvalue weighted by Crippen LogP contribution is -2.37. The van der Waals surface area contributed by atoms with Gasteiger partial charge in [-0.25, -0.2) is 8.78 Å². The van der Waals surface area contributed by atoms with Gasteiger partial charge in [0.15, 0.2) is 0 Å². The average molecular weight is 414 g/mol. The molecule has 1 saturated carbocycles. The maximum atomic E-state index is 13.6. The summed E-state index contributed by atoms with van der Waals surface area (Å²) in [6.45, 7) is 16.9. The minimum Gasteiger partial charge on any atom is -0.397 e. The van der Waals surface area contributed by atoms with E-state index < -0.39 is 5.92 Å². The van der Waals surface area contributed by atoms with Crippen LogP contribution in [0.4, 0.5) is 8.78 Å². The van der Waals surface area contributed by atoms with E-state index in [0.717, 1.165) is 49.4 Å². The average Bonchev–Trinajstić information content (AvgIpc) is 3.18. The molecule has 0 radical (unpaired) electrons. The fourth-order valence-corrected chi connectivity index (χ4v) is 3.66. The van der Waals surface area contributed by atoms with Crippen molar-refractivity contribution < 1.29 is 8.78 Å². The van der Waals surface area contributed by atoms with Gasteiger partial charge in [0, 0.05) is 24.2 Å². The van der Waals surface area contributed by atoms with Crippen molar-refractivity contribution >= 4 is 5.57 Å². The van der Waals surface area contributed by atoms with E-state index in [-0.39, 0.29) is 11.6 Å². The van der Waals surface area contributed by atoms with E-state index in [0.29, 0.717) is 17.2 Å². The summed E-state index contributed by atoms with van der Waals surface area (Å²) in [6.07, 6.45) is 8.03. The zero-order valence-electron chi connectivity index (χ0n) is 18.3. The van der Waals surface area contributed by atoms with E-state index in [1.165, 1.54) is 12.1 Å². The predicted octanol–water partition coefficient (Wildman–Crippen LogP) is 6.40. The van der Waals surface area contributed by atoms with Crippen molar-refractivity contribution in [2.45, 2.75) is 58.4 Å². The Kier molecular flexibility index (Phi) is 7.65. The van der Waals surface area contributed by atoms with Gasteiger partial charge in [-0.2, -0.15) is 0 Å². The molecule has 1 aliphatic rings. The Morgan fingerprint density at radius 2 is 1.80 bits per heavy atom. The van der Waals surface area contributed by atoms with E-state index in [4.69, 9.17) is 5.73 Å². The molecule has 1 fully saturated rings. The number of halogens is 2. The normalized spacial score (nSPS) is 15.8. The molecule has 3 nitrogen and oxygen atoms in total.